The number of aryl methyl sites for hydroxylation is 14. The summed E-state index contributed by atoms with van der Waals surface area (Å²) in [4.78, 5) is 4.65. The summed E-state index contributed by atoms with van der Waals surface area (Å²) in [6.45, 7) is 38.1. The third kappa shape index (κ3) is 115. The molecule has 0 aromatic heterocycles. The Balaban J connectivity index is -0.000000123. The summed E-state index contributed by atoms with van der Waals surface area (Å²) < 4.78 is 58.8. The number of rotatable bonds is 15. The zero-order valence-corrected chi connectivity index (χ0v) is 149. The fraction of sp³-hybridized carbons (Fsp3) is 0.407. The number of methoxy groups -OCH3 is 9. The van der Waals surface area contributed by atoms with Crippen LogP contribution in [-0.2, 0) is 22.6 Å². The van der Waals surface area contributed by atoms with Gasteiger partial charge in [-0.15, -0.1) is 339 Å². The summed E-state index contributed by atoms with van der Waals surface area (Å²) >= 11 is 0. The van der Waals surface area contributed by atoms with Crippen LogP contribution < -0.4 is 42.6 Å². The van der Waals surface area contributed by atoms with Crippen molar-refractivity contribution in [3.63, 3.8) is 0 Å². The highest BCUT2D eigenvalue weighted by atomic mass is 32.7. The Hall–Kier alpha value is 14.4. The SMILES string of the molecule is COc1c(C)cc(-c2cc(C)c(OC)c(C)c2)cc1C.COc1c(C)cc(-c2cc(C)c(OC)c(C)c2)cc1C.COc1c(C)cccc1C.COc1c(C)cccc1C.COc1cc(C)c(O)c(CN2CCOCC2)c1.COc1cc(C)c(OC)c(CN2CCOCC2)c1.P.PP.PP.PP(P)P.PP(P)P.PP(P)P.PP(P)P.PP(P)P.PP(P)P.PPP.PPP.PPP.PPP.PPP.PPP.PPP.PPP. The Labute approximate surface area is 1020 Å². The first-order valence-corrected chi connectivity index (χ1v) is 122. The quantitative estimate of drug-likeness (QED) is 0.0978. The maximum absolute atomic E-state index is 10.0. The summed E-state index contributed by atoms with van der Waals surface area (Å²) in [5, 5.41) is 10.0. The van der Waals surface area contributed by atoms with E-state index in [9.17, 15) is 5.11 Å². The van der Waals surface area contributed by atoms with Crippen molar-refractivity contribution in [3.05, 3.63) is 198 Å². The molecule has 39 unspecified atom stereocenters. The van der Waals surface area contributed by atoms with Crippen molar-refractivity contribution in [2.75, 3.05) is 117 Å². The average molecular weight is 3030 g/mol. The van der Waals surface area contributed by atoms with E-state index in [0.717, 1.165) is 242 Å². The van der Waals surface area contributed by atoms with E-state index in [1.54, 1.807) is 64.0 Å². The molecule has 866 valence electrons. The van der Waals surface area contributed by atoms with E-state index in [1.807, 2.05) is 96.1 Å². The monoisotopic (exact) mass is 3030 g/mol. The van der Waals surface area contributed by atoms with Crippen molar-refractivity contribution in [2.24, 2.45) is 0 Å². The molecule has 2 aliphatic heterocycles. The van der Waals surface area contributed by atoms with Crippen molar-refractivity contribution >= 4 is 455 Å². The molecule has 14 nitrogen and oxygen atoms in total. The molecule has 148 heavy (non-hydrogen) atoms. The molecule has 0 saturated carbocycles. The Bertz CT molecular complexity index is 3870. The summed E-state index contributed by atoms with van der Waals surface area (Å²) in [5.74, 6) is 8.89. The van der Waals surface area contributed by atoms with Crippen LogP contribution in [0.15, 0.2) is 109 Å². The minimum atomic E-state index is 0. The minimum Gasteiger partial charge on any atom is -0.507 e. The van der Waals surface area contributed by atoms with Crippen molar-refractivity contribution in [1.82, 2.24) is 9.80 Å². The van der Waals surface area contributed by atoms with Gasteiger partial charge in [-0.3, -0.25) is 9.80 Å². The van der Waals surface area contributed by atoms with E-state index in [-0.39, 0.29) is 51.8 Å². The lowest BCUT2D eigenvalue weighted by atomic mass is 9.96. The van der Waals surface area contributed by atoms with Crippen LogP contribution in [0.3, 0.4) is 0 Å². The van der Waals surface area contributed by atoms with Crippen molar-refractivity contribution in [2.45, 2.75) is 110 Å². The molecule has 2 aliphatic rings. The second-order valence-corrected chi connectivity index (χ2v) is 133. The zero-order valence-electron chi connectivity index (χ0n) is 90.6. The second-order valence-electron chi connectivity index (χ2n) is 28.3. The number of ether oxygens (including phenoxy) is 11. The Morgan fingerprint density at radius 2 is 0.392 bits per heavy atom. The largest absolute Gasteiger partial charge is 0.507 e. The summed E-state index contributed by atoms with van der Waals surface area (Å²) in [6.07, 6.45) is 0. The number of hydrogen-bond acceptors (Lipinski definition) is 14. The van der Waals surface area contributed by atoms with Gasteiger partial charge in [-0.05, 0) is 312 Å². The van der Waals surface area contributed by atoms with E-state index < -0.39 is 0 Å². The molecule has 0 aliphatic carbocycles. The molecule has 8 aromatic carbocycles. The molecule has 0 amide bonds. The summed E-state index contributed by atoms with van der Waals surface area (Å²) in [7, 11) is 121. The highest BCUT2D eigenvalue weighted by molar-refractivity contribution is 8.67. The third-order valence-corrected chi connectivity index (χ3v) is 16.9. The van der Waals surface area contributed by atoms with E-state index in [4.69, 9.17) is 52.1 Å². The lowest BCUT2D eigenvalue weighted by molar-refractivity contribution is 0.0338. The van der Waals surface area contributed by atoms with Crippen LogP contribution in [0.4, 0.5) is 0 Å². The van der Waals surface area contributed by atoms with Gasteiger partial charge in [-0.2, -0.15) is 9.90 Å². The number of nitrogens with zero attached hydrogens (tertiary/aromatic N) is 2. The molecule has 0 bridgehead atoms. The highest BCUT2D eigenvalue weighted by Crippen LogP contribution is 2.62. The van der Waals surface area contributed by atoms with Crippen LogP contribution in [0.1, 0.15) is 89.0 Å². The fourth-order valence-corrected chi connectivity index (χ4v) is 12.4. The van der Waals surface area contributed by atoms with Gasteiger partial charge in [-0.1, -0.05) is 100 Å². The number of phenolic OH excluding ortho intramolecular Hbond substituents is 1. The van der Waals surface area contributed by atoms with Crippen LogP contribution in [0.25, 0.3) is 22.3 Å². The number of morpholine rings is 2. The Morgan fingerprint density at radius 3 is 0.554 bits per heavy atom. The van der Waals surface area contributed by atoms with Gasteiger partial charge in [-0.25, -0.2) is 0 Å². The van der Waals surface area contributed by atoms with Crippen molar-refractivity contribution in [3.8, 4) is 79.7 Å². The summed E-state index contributed by atoms with van der Waals surface area (Å²) in [5.41, 5.74) is 23.0. The Morgan fingerprint density at radius 1 is 0.243 bits per heavy atom. The molecule has 39 atom stereocenters. The zero-order chi connectivity index (χ0) is 117. The first-order valence-electron chi connectivity index (χ1n) is 42.3. The predicted octanol–water partition coefficient (Wildman–Crippen LogP) is 39.6. The fourth-order valence-electron chi connectivity index (χ4n) is 12.4. The second kappa shape index (κ2) is 135. The molecule has 0 radical (unpaired) electrons. The number of para-hydroxylation sites is 2. The molecular weight excluding hydrogens is 2830 g/mol. The van der Waals surface area contributed by atoms with Crippen LogP contribution in [-0.4, -0.2) is 132 Å². The van der Waals surface area contributed by atoms with Gasteiger partial charge in [0, 0.05) is 50.4 Å². The molecule has 1 N–H and O–H groups in total. The lowest BCUT2D eigenvalue weighted by Crippen LogP contribution is -2.35. The van der Waals surface area contributed by atoms with Crippen molar-refractivity contribution < 1.29 is 57.2 Å². The van der Waals surface area contributed by atoms with Gasteiger partial charge in [0.15, 0.2) is 0 Å². The smallest absolute Gasteiger partial charge is 0.126 e. The maximum atomic E-state index is 10.0. The molecular formula is C81H195N2O12P53. The van der Waals surface area contributed by atoms with E-state index in [1.165, 1.54) is 50.1 Å². The maximum Gasteiger partial charge on any atom is 0.126 e. The highest BCUT2D eigenvalue weighted by Gasteiger charge is 2.19. The predicted molar refractivity (Wildman–Crippen MR) is 877 cm³/mol. The first-order chi connectivity index (χ1) is 69.1. The van der Waals surface area contributed by atoms with Crippen LogP contribution in [0.2, 0.25) is 0 Å². The van der Waals surface area contributed by atoms with Gasteiger partial charge >= 0.3 is 0 Å². The minimum absolute atomic E-state index is 0. The van der Waals surface area contributed by atoms with Gasteiger partial charge in [0.05, 0.1) is 90.4 Å². The molecule has 67 heteroatoms. The molecule has 0 spiro atoms. The summed E-state index contributed by atoms with van der Waals surface area (Å²) in [6, 6.07) is 37.4. The van der Waals surface area contributed by atoms with Crippen molar-refractivity contribution in [1.29, 1.82) is 0 Å². The topological polar surface area (TPSA) is 128 Å². The first kappa shape index (κ1) is 190. The van der Waals surface area contributed by atoms with Crippen LogP contribution in [0.5, 0.6) is 57.5 Å². The number of phenols is 1. The molecule has 8 aromatic rings. The Kier molecular flexibility index (Phi) is 173. The molecule has 10 rings (SSSR count). The third-order valence-electron chi connectivity index (χ3n) is 16.9. The van der Waals surface area contributed by atoms with E-state index in [2.05, 4.69) is 459 Å². The van der Waals surface area contributed by atoms with Crippen LogP contribution in [0, 0.1) is 96.9 Å². The number of hydrogen-bond donors (Lipinski definition) is 1. The molecule has 2 fully saturated rings. The normalized spacial score (nSPS) is 10.6. The average Bonchev–Trinajstić information content (AvgIpc) is 0.803. The number of benzene rings is 8. The molecule has 2 heterocycles. The van der Waals surface area contributed by atoms with Gasteiger partial charge in [0.25, 0.3) is 0 Å². The van der Waals surface area contributed by atoms with Gasteiger partial charge in [0.1, 0.15) is 57.5 Å². The van der Waals surface area contributed by atoms with E-state index in [0.29, 0.717) is 5.75 Å². The number of aromatic hydroxyl groups is 1. The molecule has 2 saturated heterocycles. The van der Waals surface area contributed by atoms with Crippen LogP contribution >= 0.6 is 455 Å². The lowest BCUT2D eigenvalue weighted by Gasteiger charge is -2.27. The standard InChI is InChI=1S/2C18H22O2.C14H21NO3.C13H19NO3.2C9H12O.6H6P4.8H5P3.2H4P2.H3P/c2*1-11-7-15(8-12(2)17(11)19-5)16-9-13(3)18(20-6)14(4)10-16;1-11-8-13(16-2)9-12(14(11)17-3)10-15-4-6-18-7-5-15;1-10-7-12(16-2)8-11(13(10)15)9-14-3-5-17-6-4-14;2*1-7-5-4-6-8(2)9(7)10-3;6*1-4(2)3;8*1-3-2;2*1-2;/h2*7-10H,1-6H3;8-9H,4-7,10H2,1-3H3;7-8,15H,3-6,9H2,1-2H3;2*4-6H,1-3H3;6*1-3H2;8*3H,1-2H2;2*1-2H2;1H3. The van der Waals surface area contributed by atoms with Gasteiger partial charge < -0.3 is 57.2 Å². The van der Waals surface area contributed by atoms with Gasteiger partial charge in [0.2, 0.25) is 0 Å². The van der Waals surface area contributed by atoms with E-state index >= 15 is 0 Å².